The molecule has 0 aliphatic heterocycles. The van der Waals surface area contributed by atoms with Gasteiger partial charge in [-0.15, -0.1) is 0 Å². The lowest BCUT2D eigenvalue weighted by molar-refractivity contribution is 0.0946. The predicted octanol–water partition coefficient (Wildman–Crippen LogP) is 2.61. The monoisotopic (exact) mass is 297 g/mol. The van der Waals surface area contributed by atoms with E-state index in [9.17, 15) is 4.79 Å². The van der Waals surface area contributed by atoms with Crippen molar-refractivity contribution in [2.24, 2.45) is 0 Å². The molecule has 0 atom stereocenters. The quantitative estimate of drug-likeness (QED) is 0.758. The van der Waals surface area contributed by atoms with Gasteiger partial charge >= 0.3 is 0 Å². The van der Waals surface area contributed by atoms with Crippen LogP contribution in [0.4, 0.5) is 0 Å². The number of aromatic nitrogens is 2. The topological polar surface area (TPSA) is 80.1 Å². The minimum Gasteiger partial charge on any atom is -0.497 e. The molecule has 2 heterocycles. The molecule has 0 fully saturated rings. The van der Waals surface area contributed by atoms with Gasteiger partial charge in [0.25, 0.3) is 5.91 Å². The maximum atomic E-state index is 12.1. The number of benzene rings is 1. The maximum Gasteiger partial charge on any atom is 0.272 e. The van der Waals surface area contributed by atoms with Crippen LogP contribution in [-0.2, 0) is 6.54 Å². The molecule has 0 bridgehead atoms. The van der Waals surface area contributed by atoms with E-state index in [1.54, 1.807) is 31.6 Å². The fourth-order valence-electron chi connectivity index (χ4n) is 2.05. The van der Waals surface area contributed by atoms with Gasteiger partial charge in [-0.2, -0.15) is 5.10 Å². The maximum absolute atomic E-state index is 12.1. The highest BCUT2D eigenvalue weighted by molar-refractivity contribution is 5.93. The number of carbonyl (C=O) groups excluding carboxylic acids is 1. The molecule has 2 aromatic heterocycles. The Morgan fingerprint density at radius 2 is 2.23 bits per heavy atom. The largest absolute Gasteiger partial charge is 0.497 e. The van der Waals surface area contributed by atoms with Crippen molar-refractivity contribution in [3.63, 3.8) is 0 Å². The number of ether oxygens (including phenoxy) is 1. The van der Waals surface area contributed by atoms with Gasteiger partial charge in [-0.1, -0.05) is 12.1 Å². The minimum atomic E-state index is -0.253. The first-order chi connectivity index (χ1) is 10.8. The lowest BCUT2D eigenvalue weighted by Gasteiger charge is -2.05. The van der Waals surface area contributed by atoms with Gasteiger partial charge in [0.2, 0.25) is 0 Å². The number of amides is 1. The summed E-state index contributed by atoms with van der Waals surface area (Å²) in [4.78, 5) is 12.1. The molecule has 0 radical (unpaired) electrons. The van der Waals surface area contributed by atoms with Crippen LogP contribution in [0.15, 0.2) is 53.1 Å². The summed E-state index contributed by atoms with van der Waals surface area (Å²) >= 11 is 0. The number of carbonyl (C=O) groups is 1. The molecular formula is C16H15N3O3. The van der Waals surface area contributed by atoms with E-state index in [-0.39, 0.29) is 5.91 Å². The molecule has 6 heteroatoms. The number of rotatable bonds is 5. The van der Waals surface area contributed by atoms with Crippen molar-refractivity contribution >= 4 is 5.91 Å². The Balaban J connectivity index is 1.64. The number of H-pyrrole nitrogens is 1. The third-order valence-electron chi connectivity index (χ3n) is 3.18. The van der Waals surface area contributed by atoms with Crippen LogP contribution in [-0.4, -0.2) is 23.2 Å². The molecule has 3 aromatic rings. The van der Waals surface area contributed by atoms with Crippen LogP contribution in [0.25, 0.3) is 11.5 Å². The third-order valence-corrected chi connectivity index (χ3v) is 3.18. The molecule has 0 saturated carbocycles. The molecule has 112 valence electrons. The summed E-state index contributed by atoms with van der Waals surface area (Å²) in [5.74, 6) is 1.14. The molecule has 1 aromatic carbocycles. The summed E-state index contributed by atoms with van der Waals surface area (Å²) in [5, 5.41) is 9.59. The Hall–Kier alpha value is -3.02. The smallest absolute Gasteiger partial charge is 0.272 e. The Kier molecular flexibility index (Phi) is 3.91. The van der Waals surface area contributed by atoms with Crippen molar-refractivity contribution in [2.75, 3.05) is 7.11 Å². The summed E-state index contributed by atoms with van der Waals surface area (Å²) < 4.78 is 10.4. The number of hydrogen-bond donors (Lipinski definition) is 2. The SMILES string of the molecule is COc1cccc(CNC(=O)c2cc(-c3ccco3)[nH]n2)c1. The molecular weight excluding hydrogens is 282 g/mol. The predicted molar refractivity (Wildman–Crippen MR) is 80.5 cm³/mol. The molecule has 3 rings (SSSR count). The Labute approximate surface area is 127 Å². The number of furan rings is 1. The van der Waals surface area contributed by atoms with Gasteiger partial charge in [0.1, 0.15) is 11.4 Å². The average Bonchev–Trinajstić information content (AvgIpc) is 3.23. The second-order valence-electron chi connectivity index (χ2n) is 4.68. The summed E-state index contributed by atoms with van der Waals surface area (Å²) in [7, 11) is 1.61. The zero-order valence-corrected chi connectivity index (χ0v) is 12.0. The third kappa shape index (κ3) is 3.01. The van der Waals surface area contributed by atoms with Crippen LogP contribution >= 0.6 is 0 Å². The first-order valence-corrected chi connectivity index (χ1v) is 6.76. The van der Waals surface area contributed by atoms with Gasteiger partial charge in [0, 0.05) is 12.6 Å². The first-order valence-electron chi connectivity index (χ1n) is 6.76. The van der Waals surface area contributed by atoms with Crippen molar-refractivity contribution < 1.29 is 13.9 Å². The number of aromatic amines is 1. The first kappa shape index (κ1) is 13.9. The minimum absolute atomic E-state index is 0.253. The molecule has 0 spiro atoms. The fraction of sp³-hybridized carbons (Fsp3) is 0.125. The highest BCUT2D eigenvalue weighted by Crippen LogP contribution is 2.18. The van der Waals surface area contributed by atoms with E-state index < -0.39 is 0 Å². The second-order valence-corrected chi connectivity index (χ2v) is 4.68. The summed E-state index contributed by atoms with van der Waals surface area (Å²) in [5.41, 5.74) is 1.93. The number of hydrogen-bond acceptors (Lipinski definition) is 4. The van der Waals surface area contributed by atoms with Gasteiger partial charge in [-0.3, -0.25) is 9.89 Å². The van der Waals surface area contributed by atoms with Crippen LogP contribution in [0, 0.1) is 0 Å². The standard InChI is InChI=1S/C16H15N3O3/c1-21-12-5-2-4-11(8-12)10-17-16(20)14-9-13(18-19-14)15-6-3-7-22-15/h2-9H,10H2,1H3,(H,17,20)(H,18,19). The highest BCUT2D eigenvalue weighted by Gasteiger charge is 2.12. The Morgan fingerprint density at radius 1 is 1.32 bits per heavy atom. The molecule has 0 saturated heterocycles. The van der Waals surface area contributed by atoms with Crippen LogP contribution < -0.4 is 10.1 Å². The van der Waals surface area contributed by atoms with Crippen LogP contribution in [0.5, 0.6) is 5.75 Å². The highest BCUT2D eigenvalue weighted by atomic mass is 16.5. The van der Waals surface area contributed by atoms with Crippen LogP contribution in [0.1, 0.15) is 16.1 Å². The number of nitrogens with zero attached hydrogens (tertiary/aromatic N) is 1. The van der Waals surface area contributed by atoms with E-state index in [2.05, 4.69) is 15.5 Å². The van der Waals surface area contributed by atoms with E-state index in [4.69, 9.17) is 9.15 Å². The summed E-state index contributed by atoms with van der Waals surface area (Å²) in [6.07, 6.45) is 1.57. The molecule has 0 aliphatic carbocycles. The van der Waals surface area contributed by atoms with E-state index >= 15 is 0 Å². The summed E-state index contributed by atoms with van der Waals surface area (Å²) in [6.45, 7) is 0.402. The van der Waals surface area contributed by atoms with Gasteiger partial charge in [0.15, 0.2) is 11.5 Å². The van der Waals surface area contributed by atoms with Crippen LogP contribution in [0.3, 0.4) is 0 Å². The second kappa shape index (κ2) is 6.17. The molecule has 6 nitrogen and oxygen atoms in total. The van der Waals surface area contributed by atoms with E-state index in [1.807, 2.05) is 24.3 Å². The Morgan fingerprint density at radius 3 is 3.00 bits per heavy atom. The normalized spacial score (nSPS) is 10.4. The summed E-state index contributed by atoms with van der Waals surface area (Å²) in [6, 6.07) is 12.8. The van der Waals surface area contributed by atoms with Crippen molar-refractivity contribution in [3.8, 4) is 17.2 Å². The van der Waals surface area contributed by atoms with Gasteiger partial charge in [-0.25, -0.2) is 0 Å². The molecule has 2 N–H and O–H groups in total. The van der Waals surface area contributed by atoms with Gasteiger partial charge in [0.05, 0.1) is 13.4 Å². The molecule has 1 amide bonds. The van der Waals surface area contributed by atoms with E-state index in [1.165, 1.54) is 0 Å². The number of nitrogens with one attached hydrogen (secondary N) is 2. The van der Waals surface area contributed by atoms with Crippen molar-refractivity contribution in [1.29, 1.82) is 0 Å². The molecule has 0 aliphatic rings. The molecule has 22 heavy (non-hydrogen) atoms. The van der Waals surface area contributed by atoms with Gasteiger partial charge < -0.3 is 14.5 Å². The average molecular weight is 297 g/mol. The lowest BCUT2D eigenvalue weighted by atomic mass is 10.2. The fourth-order valence-corrected chi connectivity index (χ4v) is 2.05. The van der Waals surface area contributed by atoms with Gasteiger partial charge in [-0.05, 0) is 29.8 Å². The van der Waals surface area contributed by atoms with Crippen molar-refractivity contribution in [3.05, 3.63) is 60.0 Å². The van der Waals surface area contributed by atoms with Crippen molar-refractivity contribution in [2.45, 2.75) is 6.54 Å². The van der Waals surface area contributed by atoms with E-state index in [0.717, 1.165) is 11.3 Å². The Bertz CT molecular complexity index is 763. The van der Waals surface area contributed by atoms with E-state index in [0.29, 0.717) is 23.7 Å². The zero-order chi connectivity index (χ0) is 15.4. The number of methoxy groups -OCH3 is 1. The van der Waals surface area contributed by atoms with Crippen LogP contribution in [0.2, 0.25) is 0 Å². The lowest BCUT2D eigenvalue weighted by Crippen LogP contribution is -2.23. The zero-order valence-electron chi connectivity index (χ0n) is 12.0. The molecule has 0 unspecified atom stereocenters. The van der Waals surface area contributed by atoms with Crippen molar-refractivity contribution in [1.82, 2.24) is 15.5 Å².